The Morgan fingerprint density at radius 1 is 1.15 bits per heavy atom. The number of ether oxygens (including phenoxy) is 1. The Kier molecular flexibility index (Phi) is 5.26. The van der Waals surface area contributed by atoms with Crippen LogP contribution < -0.4 is 9.46 Å². The molecule has 1 aliphatic carbocycles. The normalized spacial score (nSPS) is 15.8. The van der Waals surface area contributed by atoms with Crippen LogP contribution in [-0.2, 0) is 33.1 Å². The Labute approximate surface area is 159 Å². The number of nitrogens with one attached hydrogen (secondary N) is 1. The summed E-state index contributed by atoms with van der Waals surface area (Å²) in [5.74, 6) is -0.527. The van der Waals surface area contributed by atoms with E-state index in [4.69, 9.17) is 4.74 Å². The fourth-order valence-corrected chi connectivity index (χ4v) is 4.43. The van der Waals surface area contributed by atoms with Crippen LogP contribution in [0.15, 0.2) is 47.4 Å². The van der Waals surface area contributed by atoms with Crippen molar-refractivity contribution in [2.24, 2.45) is 0 Å². The minimum atomic E-state index is -3.84. The number of carbonyl (C=O) groups is 1. The molecule has 144 valence electrons. The van der Waals surface area contributed by atoms with Crippen LogP contribution in [-0.4, -0.2) is 33.1 Å². The van der Waals surface area contributed by atoms with Gasteiger partial charge in [0.25, 0.3) is 0 Å². The second-order valence-electron chi connectivity index (χ2n) is 6.97. The molecule has 7 heteroatoms. The highest BCUT2D eigenvalue weighted by Gasteiger charge is 2.37. The molecule has 0 aromatic heterocycles. The van der Waals surface area contributed by atoms with Crippen LogP contribution in [0, 0.1) is 0 Å². The van der Waals surface area contributed by atoms with Crippen LogP contribution in [0.4, 0.5) is 0 Å². The van der Waals surface area contributed by atoms with Crippen molar-refractivity contribution in [2.75, 3.05) is 13.7 Å². The minimum Gasteiger partial charge on any atom is -0.497 e. The van der Waals surface area contributed by atoms with Crippen LogP contribution in [0.3, 0.4) is 0 Å². The first-order valence-electron chi connectivity index (χ1n) is 8.76. The van der Waals surface area contributed by atoms with Gasteiger partial charge in [-0.1, -0.05) is 18.2 Å². The van der Waals surface area contributed by atoms with Gasteiger partial charge in [0.1, 0.15) is 11.2 Å². The molecule has 0 fully saturated rings. The van der Waals surface area contributed by atoms with Gasteiger partial charge >= 0.3 is 5.97 Å². The highest BCUT2D eigenvalue weighted by molar-refractivity contribution is 7.89. The maximum Gasteiger partial charge on any atom is 0.315 e. The summed E-state index contributed by atoms with van der Waals surface area (Å²) in [6, 6.07) is 11.6. The molecule has 0 radical (unpaired) electrons. The number of sulfonamides is 1. The van der Waals surface area contributed by atoms with Crippen molar-refractivity contribution >= 4 is 16.0 Å². The average Bonchev–Trinajstić information content (AvgIpc) is 3.14. The number of methoxy groups -OCH3 is 1. The Morgan fingerprint density at radius 3 is 2.44 bits per heavy atom. The van der Waals surface area contributed by atoms with Crippen molar-refractivity contribution in [3.63, 3.8) is 0 Å². The highest BCUT2D eigenvalue weighted by atomic mass is 32.2. The van der Waals surface area contributed by atoms with Gasteiger partial charge in [-0.05, 0) is 67.1 Å². The van der Waals surface area contributed by atoms with Crippen LogP contribution >= 0.6 is 0 Å². The van der Waals surface area contributed by atoms with Crippen molar-refractivity contribution in [1.29, 1.82) is 0 Å². The van der Waals surface area contributed by atoms with Gasteiger partial charge in [-0.2, -0.15) is 0 Å². The number of carboxylic acids is 1. The summed E-state index contributed by atoms with van der Waals surface area (Å²) >= 11 is 0. The third-order valence-corrected chi connectivity index (χ3v) is 6.61. The zero-order valence-electron chi connectivity index (χ0n) is 15.4. The van der Waals surface area contributed by atoms with Crippen molar-refractivity contribution < 1.29 is 23.1 Å². The summed E-state index contributed by atoms with van der Waals surface area (Å²) < 4.78 is 32.6. The lowest BCUT2D eigenvalue weighted by atomic mass is 9.81. The smallest absolute Gasteiger partial charge is 0.315 e. The zero-order chi connectivity index (χ0) is 19.7. The van der Waals surface area contributed by atoms with Crippen LogP contribution in [0.1, 0.15) is 30.0 Å². The zero-order valence-corrected chi connectivity index (χ0v) is 16.2. The maximum absolute atomic E-state index is 12.6. The summed E-state index contributed by atoms with van der Waals surface area (Å²) in [6.07, 6.45) is 2.99. The SMILES string of the molecule is COc1ccc(S(=O)(=O)NCC(C)(C(=O)O)c2ccc3c(c2)CCC3)cc1. The third kappa shape index (κ3) is 3.84. The van der Waals surface area contributed by atoms with Crippen molar-refractivity contribution in [3.8, 4) is 5.75 Å². The predicted molar refractivity (Wildman–Crippen MR) is 102 cm³/mol. The van der Waals surface area contributed by atoms with E-state index in [1.54, 1.807) is 25.1 Å². The lowest BCUT2D eigenvalue weighted by molar-refractivity contribution is -0.142. The van der Waals surface area contributed by atoms with E-state index in [0.717, 1.165) is 24.8 Å². The van der Waals surface area contributed by atoms with Gasteiger partial charge in [0.05, 0.1) is 12.0 Å². The molecular formula is C20H23NO5S. The van der Waals surface area contributed by atoms with Crippen LogP contribution in [0.25, 0.3) is 0 Å². The van der Waals surface area contributed by atoms with E-state index in [1.807, 2.05) is 12.1 Å². The largest absolute Gasteiger partial charge is 0.497 e. The number of aliphatic carboxylic acids is 1. The number of benzene rings is 2. The van der Waals surface area contributed by atoms with Gasteiger partial charge in [0, 0.05) is 6.54 Å². The molecule has 0 bridgehead atoms. The summed E-state index contributed by atoms with van der Waals surface area (Å²) in [5, 5.41) is 9.82. The summed E-state index contributed by atoms with van der Waals surface area (Å²) in [7, 11) is -2.34. The summed E-state index contributed by atoms with van der Waals surface area (Å²) in [5.41, 5.74) is 1.63. The Morgan fingerprint density at radius 2 is 1.81 bits per heavy atom. The maximum atomic E-state index is 12.6. The molecule has 0 heterocycles. The van der Waals surface area contributed by atoms with Crippen LogP contribution in [0.5, 0.6) is 5.75 Å². The van der Waals surface area contributed by atoms with Gasteiger partial charge in [0.2, 0.25) is 10.0 Å². The molecule has 2 aromatic rings. The van der Waals surface area contributed by atoms with Crippen molar-refractivity contribution in [3.05, 3.63) is 59.2 Å². The van der Waals surface area contributed by atoms with E-state index in [-0.39, 0.29) is 11.4 Å². The quantitative estimate of drug-likeness (QED) is 0.759. The van der Waals surface area contributed by atoms with Crippen molar-refractivity contribution in [1.82, 2.24) is 4.72 Å². The molecule has 1 aliphatic rings. The summed E-state index contributed by atoms with van der Waals surface area (Å²) in [4.78, 5) is 12.1. The molecule has 0 aliphatic heterocycles. The Hall–Kier alpha value is -2.38. The monoisotopic (exact) mass is 389 g/mol. The van der Waals surface area contributed by atoms with E-state index in [0.29, 0.717) is 11.3 Å². The van der Waals surface area contributed by atoms with E-state index < -0.39 is 21.4 Å². The van der Waals surface area contributed by atoms with Crippen molar-refractivity contribution in [2.45, 2.75) is 36.5 Å². The lowest BCUT2D eigenvalue weighted by Gasteiger charge is -2.26. The molecule has 6 nitrogen and oxygen atoms in total. The first kappa shape index (κ1) is 19.4. The van der Waals surface area contributed by atoms with Gasteiger partial charge in [-0.25, -0.2) is 13.1 Å². The van der Waals surface area contributed by atoms with E-state index in [9.17, 15) is 18.3 Å². The fraction of sp³-hybridized carbons (Fsp3) is 0.350. The molecule has 1 atom stereocenters. The average molecular weight is 389 g/mol. The third-order valence-electron chi connectivity index (χ3n) is 5.19. The number of rotatable bonds is 7. The molecule has 0 amide bonds. The molecule has 1 unspecified atom stereocenters. The molecule has 27 heavy (non-hydrogen) atoms. The first-order valence-corrected chi connectivity index (χ1v) is 10.2. The second kappa shape index (κ2) is 7.32. The highest BCUT2D eigenvalue weighted by Crippen LogP contribution is 2.30. The van der Waals surface area contributed by atoms with E-state index >= 15 is 0 Å². The number of carboxylic acid groups (broad SMARTS) is 1. The molecule has 2 N–H and O–H groups in total. The first-order chi connectivity index (χ1) is 12.8. The molecule has 0 saturated carbocycles. The molecule has 0 saturated heterocycles. The number of hydrogen-bond acceptors (Lipinski definition) is 4. The number of hydrogen-bond donors (Lipinski definition) is 2. The predicted octanol–water partition coefficient (Wildman–Crippen LogP) is 2.50. The van der Waals surface area contributed by atoms with E-state index in [2.05, 4.69) is 4.72 Å². The van der Waals surface area contributed by atoms with Crippen LogP contribution in [0.2, 0.25) is 0 Å². The lowest BCUT2D eigenvalue weighted by Crippen LogP contribution is -2.44. The molecule has 0 spiro atoms. The standard InChI is InChI=1S/C20H23NO5S/c1-20(19(22)23,16-7-6-14-4-3-5-15(14)12-16)13-21-27(24,25)18-10-8-17(26-2)9-11-18/h6-12,21H,3-5,13H2,1-2H3,(H,22,23). The Balaban J connectivity index is 1.84. The molecular weight excluding hydrogens is 366 g/mol. The minimum absolute atomic E-state index is 0.0602. The molecule has 2 aromatic carbocycles. The number of fused-ring (bicyclic) bond motifs is 1. The summed E-state index contributed by atoms with van der Waals surface area (Å²) in [6.45, 7) is 1.30. The molecule has 3 rings (SSSR count). The van der Waals surface area contributed by atoms with Gasteiger partial charge in [-0.15, -0.1) is 0 Å². The second-order valence-corrected chi connectivity index (χ2v) is 8.74. The van der Waals surface area contributed by atoms with E-state index in [1.165, 1.54) is 24.8 Å². The van der Waals surface area contributed by atoms with Gasteiger partial charge in [0.15, 0.2) is 0 Å². The van der Waals surface area contributed by atoms with Gasteiger partial charge < -0.3 is 9.84 Å². The topological polar surface area (TPSA) is 92.7 Å². The van der Waals surface area contributed by atoms with Gasteiger partial charge in [-0.3, -0.25) is 4.79 Å². The fourth-order valence-electron chi connectivity index (χ4n) is 3.29. The number of aryl methyl sites for hydroxylation is 2. The Bertz CT molecular complexity index is 953.